The van der Waals surface area contributed by atoms with Crippen molar-refractivity contribution in [2.45, 2.75) is 89.8 Å². The molecule has 0 spiro atoms. The van der Waals surface area contributed by atoms with Gasteiger partial charge in [-0.25, -0.2) is 0 Å². The van der Waals surface area contributed by atoms with Crippen LogP contribution in [0, 0.1) is 5.92 Å². The van der Waals surface area contributed by atoms with Crippen molar-refractivity contribution in [1.29, 1.82) is 0 Å². The van der Waals surface area contributed by atoms with Gasteiger partial charge in [-0.15, -0.1) is 0 Å². The van der Waals surface area contributed by atoms with Crippen molar-refractivity contribution >= 4 is 15.9 Å². The molecule has 2 atom stereocenters. The lowest BCUT2D eigenvalue weighted by atomic mass is 10.0. The summed E-state index contributed by atoms with van der Waals surface area (Å²) in [6, 6.07) is 0. The van der Waals surface area contributed by atoms with Gasteiger partial charge in [-0.1, -0.05) is 75.2 Å². The second-order valence-corrected chi connectivity index (χ2v) is 7.88. The summed E-state index contributed by atoms with van der Waals surface area (Å²) in [7, 11) is 0. The lowest BCUT2D eigenvalue weighted by Gasteiger charge is -2.12. The molecule has 0 amide bonds. The smallest absolute Gasteiger partial charge is 0.146 e. The number of ether oxygens (including phenoxy) is 2. The molecule has 0 aromatic heterocycles. The van der Waals surface area contributed by atoms with Gasteiger partial charge in [0.05, 0.1) is 0 Å². The molecule has 3 heteroatoms. The van der Waals surface area contributed by atoms with E-state index in [1.807, 2.05) is 0 Å². The minimum Gasteiger partial charge on any atom is -0.355 e. The number of hydrogen-bond acceptors (Lipinski definition) is 2. The molecular weight excluding hydrogens is 328 g/mol. The first-order chi connectivity index (χ1) is 10.2. The lowest BCUT2D eigenvalue weighted by molar-refractivity contribution is -0.0560. The van der Waals surface area contributed by atoms with E-state index in [1.54, 1.807) is 0 Å². The van der Waals surface area contributed by atoms with Crippen molar-refractivity contribution in [2.75, 3.05) is 20.0 Å². The molecule has 0 aromatic rings. The summed E-state index contributed by atoms with van der Waals surface area (Å²) in [5.74, 6) is 0.775. The molecule has 21 heavy (non-hydrogen) atoms. The first-order valence-corrected chi connectivity index (χ1v) is 9.88. The normalized spacial score (nSPS) is 14.3. The van der Waals surface area contributed by atoms with Crippen molar-refractivity contribution in [3.05, 3.63) is 0 Å². The Morgan fingerprint density at radius 1 is 0.810 bits per heavy atom. The van der Waals surface area contributed by atoms with E-state index in [9.17, 15) is 0 Å². The molecule has 128 valence electrons. The average Bonchev–Trinajstić information content (AvgIpc) is 2.43. The monoisotopic (exact) mass is 364 g/mol. The SMILES string of the molecule is CCCCCCCCCOCOCCCC(C)CC(C)Br. The van der Waals surface area contributed by atoms with E-state index >= 15 is 0 Å². The minimum atomic E-state index is 0.471. The molecule has 0 fully saturated rings. The van der Waals surface area contributed by atoms with Gasteiger partial charge in [-0.3, -0.25) is 0 Å². The van der Waals surface area contributed by atoms with Crippen LogP contribution in [-0.4, -0.2) is 24.8 Å². The van der Waals surface area contributed by atoms with E-state index in [1.165, 1.54) is 57.8 Å². The van der Waals surface area contributed by atoms with E-state index in [-0.39, 0.29) is 0 Å². The van der Waals surface area contributed by atoms with Crippen LogP contribution in [0.15, 0.2) is 0 Å². The van der Waals surface area contributed by atoms with Crippen LogP contribution in [0.3, 0.4) is 0 Å². The second-order valence-electron chi connectivity index (χ2n) is 6.32. The Morgan fingerprint density at radius 3 is 2.00 bits per heavy atom. The molecule has 0 saturated heterocycles. The topological polar surface area (TPSA) is 18.5 Å². The van der Waals surface area contributed by atoms with E-state index < -0.39 is 0 Å². The van der Waals surface area contributed by atoms with E-state index in [0.29, 0.717) is 11.6 Å². The van der Waals surface area contributed by atoms with Gasteiger partial charge in [0, 0.05) is 18.0 Å². The molecule has 0 aliphatic carbocycles. The van der Waals surface area contributed by atoms with Gasteiger partial charge < -0.3 is 9.47 Å². The molecule has 0 radical (unpaired) electrons. The number of unbranched alkanes of at least 4 members (excludes halogenated alkanes) is 6. The van der Waals surface area contributed by atoms with E-state index in [2.05, 4.69) is 36.7 Å². The maximum Gasteiger partial charge on any atom is 0.146 e. The van der Waals surface area contributed by atoms with Crippen molar-refractivity contribution < 1.29 is 9.47 Å². The van der Waals surface area contributed by atoms with Gasteiger partial charge >= 0.3 is 0 Å². The maximum absolute atomic E-state index is 5.51. The van der Waals surface area contributed by atoms with Crippen LogP contribution in [0.5, 0.6) is 0 Å². The first kappa shape index (κ1) is 21.4. The van der Waals surface area contributed by atoms with Gasteiger partial charge in [0.1, 0.15) is 6.79 Å². The van der Waals surface area contributed by atoms with Crippen LogP contribution in [-0.2, 0) is 9.47 Å². The zero-order valence-corrected chi connectivity index (χ0v) is 16.1. The van der Waals surface area contributed by atoms with E-state index in [0.717, 1.165) is 25.6 Å². The van der Waals surface area contributed by atoms with Crippen LogP contribution in [0.4, 0.5) is 0 Å². The fourth-order valence-electron chi connectivity index (χ4n) is 2.54. The third-order valence-corrected chi connectivity index (χ3v) is 4.15. The quantitative estimate of drug-likeness (QED) is 0.181. The van der Waals surface area contributed by atoms with Crippen LogP contribution in [0.2, 0.25) is 0 Å². The average molecular weight is 365 g/mol. The molecule has 0 aliphatic heterocycles. The van der Waals surface area contributed by atoms with Crippen LogP contribution < -0.4 is 0 Å². The Bertz CT molecular complexity index is 198. The zero-order valence-electron chi connectivity index (χ0n) is 14.5. The highest BCUT2D eigenvalue weighted by molar-refractivity contribution is 9.09. The highest BCUT2D eigenvalue weighted by atomic mass is 79.9. The van der Waals surface area contributed by atoms with Gasteiger partial charge in [0.2, 0.25) is 0 Å². The Morgan fingerprint density at radius 2 is 1.38 bits per heavy atom. The summed E-state index contributed by atoms with van der Waals surface area (Å²) < 4.78 is 11.0. The number of halogens is 1. The second kappa shape index (κ2) is 16.8. The molecule has 0 aliphatic rings. The van der Waals surface area contributed by atoms with E-state index in [4.69, 9.17) is 9.47 Å². The minimum absolute atomic E-state index is 0.471. The molecule has 0 N–H and O–H groups in total. The Labute approximate surface area is 141 Å². The Kier molecular flexibility index (Phi) is 17.1. The summed E-state index contributed by atoms with van der Waals surface area (Å²) in [5.41, 5.74) is 0. The lowest BCUT2D eigenvalue weighted by Crippen LogP contribution is -2.06. The van der Waals surface area contributed by atoms with Crippen LogP contribution >= 0.6 is 15.9 Å². The molecule has 2 nitrogen and oxygen atoms in total. The fraction of sp³-hybridized carbons (Fsp3) is 1.00. The highest BCUT2D eigenvalue weighted by Gasteiger charge is 2.05. The molecule has 0 heterocycles. The third kappa shape index (κ3) is 18.4. The fourth-order valence-corrected chi connectivity index (χ4v) is 3.18. The standard InChI is InChI=1S/C18H37BrO2/c1-4-5-6-7-8-9-10-13-20-16-21-14-11-12-17(2)15-18(3)19/h17-18H,4-16H2,1-3H3. The van der Waals surface area contributed by atoms with Crippen LogP contribution in [0.1, 0.15) is 85.0 Å². The number of alkyl halides is 1. The third-order valence-electron chi connectivity index (χ3n) is 3.77. The molecule has 0 bridgehead atoms. The Hall–Kier alpha value is 0.400. The molecule has 0 rings (SSSR count). The van der Waals surface area contributed by atoms with Crippen molar-refractivity contribution in [3.63, 3.8) is 0 Å². The van der Waals surface area contributed by atoms with Gasteiger partial charge in [0.15, 0.2) is 0 Å². The number of hydrogen-bond donors (Lipinski definition) is 0. The van der Waals surface area contributed by atoms with Crippen molar-refractivity contribution in [1.82, 2.24) is 0 Å². The molecule has 0 aromatic carbocycles. The summed E-state index contributed by atoms with van der Waals surface area (Å²) in [6.45, 7) is 8.94. The van der Waals surface area contributed by atoms with Crippen molar-refractivity contribution in [2.24, 2.45) is 5.92 Å². The largest absolute Gasteiger partial charge is 0.355 e. The van der Waals surface area contributed by atoms with Gasteiger partial charge in [0.25, 0.3) is 0 Å². The first-order valence-electron chi connectivity index (χ1n) is 8.96. The molecule has 2 unspecified atom stereocenters. The van der Waals surface area contributed by atoms with Gasteiger partial charge in [-0.2, -0.15) is 0 Å². The number of rotatable bonds is 16. The van der Waals surface area contributed by atoms with Crippen molar-refractivity contribution in [3.8, 4) is 0 Å². The zero-order chi connectivity index (χ0) is 15.8. The maximum atomic E-state index is 5.51. The molecule has 0 saturated carbocycles. The predicted octanol–water partition coefficient (Wildman–Crippen LogP) is 6.32. The molecular formula is C18H37BrO2. The Balaban J connectivity index is 3.05. The summed E-state index contributed by atoms with van der Waals surface area (Å²) >= 11 is 3.60. The summed E-state index contributed by atoms with van der Waals surface area (Å²) in [4.78, 5) is 0.624. The summed E-state index contributed by atoms with van der Waals surface area (Å²) in [6.07, 6.45) is 13.0. The predicted molar refractivity (Wildman–Crippen MR) is 96.2 cm³/mol. The van der Waals surface area contributed by atoms with Crippen LogP contribution in [0.25, 0.3) is 0 Å². The highest BCUT2D eigenvalue weighted by Crippen LogP contribution is 2.16. The van der Waals surface area contributed by atoms with Gasteiger partial charge in [-0.05, 0) is 31.6 Å². The summed E-state index contributed by atoms with van der Waals surface area (Å²) in [5, 5.41) is 0.